The van der Waals surface area contributed by atoms with Gasteiger partial charge in [0.25, 0.3) is 0 Å². The van der Waals surface area contributed by atoms with E-state index in [1.165, 1.54) is 6.92 Å². The van der Waals surface area contributed by atoms with Gasteiger partial charge >= 0.3 is 0 Å². The minimum atomic E-state index is -0.373. The van der Waals surface area contributed by atoms with Gasteiger partial charge in [0, 0.05) is 20.6 Å². The minimum absolute atomic E-state index is 0.0715. The van der Waals surface area contributed by atoms with Crippen molar-refractivity contribution in [2.45, 2.75) is 32.9 Å². The first-order chi connectivity index (χ1) is 12.5. The van der Waals surface area contributed by atoms with Gasteiger partial charge in [0.2, 0.25) is 11.8 Å². The number of carbonyl (C=O) groups excluding carboxylic acids is 2. The Labute approximate surface area is 154 Å². The van der Waals surface area contributed by atoms with E-state index in [9.17, 15) is 9.59 Å². The zero-order chi connectivity index (χ0) is 18.9. The van der Waals surface area contributed by atoms with Crippen LogP contribution in [0.1, 0.15) is 36.3 Å². The number of carbonyl (C=O) groups is 2. The lowest BCUT2D eigenvalue weighted by Gasteiger charge is -2.25. The summed E-state index contributed by atoms with van der Waals surface area (Å²) in [6.07, 6.45) is 1.76. The standard InChI is InChI=1S/C20H26N2O4/c1-15-6-8-17(9-7-15)19(21-16(2)23)13-20(24)22(10-12-25-3)14-18-5-4-11-26-18/h4-9,11,19H,10,12-14H2,1-3H3,(H,21,23). The van der Waals surface area contributed by atoms with Crippen LogP contribution in [0.15, 0.2) is 47.1 Å². The quantitative estimate of drug-likeness (QED) is 0.748. The molecule has 6 nitrogen and oxygen atoms in total. The Balaban J connectivity index is 2.12. The molecule has 0 saturated carbocycles. The first kappa shape index (κ1) is 19.7. The molecule has 0 saturated heterocycles. The van der Waals surface area contributed by atoms with Crippen molar-refractivity contribution in [1.82, 2.24) is 10.2 Å². The maximum atomic E-state index is 12.9. The molecule has 0 aliphatic rings. The minimum Gasteiger partial charge on any atom is -0.467 e. The molecule has 2 amide bonds. The van der Waals surface area contributed by atoms with Crippen LogP contribution in [-0.2, 0) is 20.9 Å². The van der Waals surface area contributed by atoms with Crippen LogP contribution in [0, 0.1) is 6.92 Å². The third-order valence-corrected chi connectivity index (χ3v) is 4.08. The molecule has 140 valence electrons. The van der Waals surface area contributed by atoms with Crippen LogP contribution in [0.4, 0.5) is 0 Å². The van der Waals surface area contributed by atoms with Crippen molar-refractivity contribution < 1.29 is 18.7 Å². The molecule has 0 fully saturated rings. The summed E-state index contributed by atoms with van der Waals surface area (Å²) in [6, 6.07) is 11.1. The molecule has 0 bridgehead atoms. The first-order valence-corrected chi connectivity index (χ1v) is 8.62. The molecule has 26 heavy (non-hydrogen) atoms. The summed E-state index contributed by atoms with van der Waals surface area (Å²) in [5.41, 5.74) is 2.03. The Hall–Kier alpha value is -2.60. The normalized spacial score (nSPS) is 11.8. The fourth-order valence-electron chi connectivity index (χ4n) is 2.68. The Kier molecular flexibility index (Phi) is 7.41. The average molecular weight is 358 g/mol. The molecule has 0 radical (unpaired) electrons. The lowest BCUT2D eigenvalue weighted by molar-refractivity contribution is -0.133. The van der Waals surface area contributed by atoms with Gasteiger partial charge in [-0.2, -0.15) is 0 Å². The first-order valence-electron chi connectivity index (χ1n) is 8.62. The monoisotopic (exact) mass is 358 g/mol. The lowest BCUT2D eigenvalue weighted by Crippen LogP contribution is -2.37. The molecule has 0 aliphatic carbocycles. The Morgan fingerprint density at radius 1 is 1.23 bits per heavy atom. The van der Waals surface area contributed by atoms with E-state index in [0.717, 1.165) is 11.1 Å². The molecule has 6 heteroatoms. The highest BCUT2D eigenvalue weighted by molar-refractivity contribution is 5.79. The zero-order valence-electron chi connectivity index (χ0n) is 15.5. The number of methoxy groups -OCH3 is 1. The van der Waals surface area contributed by atoms with Gasteiger partial charge in [-0.05, 0) is 24.6 Å². The summed E-state index contributed by atoms with van der Waals surface area (Å²) < 4.78 is 10.5. The van der Waals surface area contributed by atoms with Gasteiger partial charge in [0.05, 0.1) is 31.9 Å². The van der Waals surface area contributed by atoms with Crippen LogP contribution in [0.3, 0.4) is 0 Å². The van der Waals surface area contributed by atoms with E-state index in [1.807, 2.05) is 37.3 Å². The SMILES string of the molecule is COCCN(Cc1ccco1)C(=O)CC(NC(C)=O)c1ccc(C)cc1. The number of nitrogens with one attached hydrogen (secondary N) is 1. The second-order valence-corrected chi connectivity index (χ2v) is 6.26. The molecular formula is C20H26N2O4. The van der Waals surface area contributed by atoms with Crippen LogP contribution in [0.5, 0.6) is 0 Å². The van der Waals surface area contributed by atoms with E-state index in [0.29, 0.717) is 25.5 Å². The second-order valence-electron chi connectivity index (χ2n) is 6.26. The smallest absolute Gasteiger partial charge is 0.225 e. The number of nitrogens with zero attached hydrogens (tertiary/aromatic N) is 1. The Morgan fingerprint density at radius 3 is 2.54 bits per heavy atom. The molecule has 1 atom stereocenters. The number of hydrogen-bond donors (Lipinski definition) is 1. The topological polar surface area (TPSA) is 71.8 Å². The van der Waals surface area contributed by atoms with Gasteiger partial charge in [-0.3, -0.25) is 9.59 Å². The molecule has 1 unspecified atom stereocenters. The van der Waals surface area contributed by atoms with Crippen LogP contribution in [0.2, 0.25) is 0 Å². The molecule has 1 aromatic carbocycles. The van der Waals surface area contributed by atoms with Gasteiger partial charge in [0.15, 0.2) is 0 Å². The highest BCUT2D eigenvalue weighted by Gasteiger charge is 2.22. The highest BCUT2D eigenvalue weighted by Crippen LogP contribution is 2.20. The maximum Gasteiger partial charge on any atom is 0.225 e. The Bertz CT molecular complexity index is 695. The van der Waals surface area contributed by atoms with E-state index >= 15 is 0 Å². The predicted octanol–water partition coefficient (Wildman–Crippen LogP) is 2.83. The summed E-state index contributed by atoms with van der Waals surface area (Å²) in [4.78, 5) is 26.2. The molecule has 2 rings (SSSR count). The number of rotatable bonds is 9. The van der Waals surface area contributed by atoms with E-state index in [-0.39, 0.29) is 24.3 Å². The number of aryl methyl sites for hydroxylation is 1. The average Bonchev–Trinajstić information content (AvgIpc) is 3.11. The maximum absolute atomic E-state index is 12.9. The van der Waals surface area contributed by atoms with E-state index in [1.54, 1.807) is 24.3 Å². The molecular weight excluding hydrogens is 332 g/mol. The second kappa shape index (κ2) is 9.77. The lowest BCUT2D eigenvalue weighted by atomic mass is 10.0. The third-order valence-electron chi connectivity index (χ3n) is 4.08. The summed E-state index contributed by atoms with van der Waals surface area (Å²) in [5.74, 6) is 0.469. The third kappa shape index (κ3) is 6.04. The van der Waals surface area contributed by atoms with Crippen molar-refractivity contribution in [3.63, 3.8) is 0 Å². The van der Waals surface area contributed by atoms with Crippen LogP contribution in [-0.4, -0.2) is 37.0 Å². The Morgan fingerprint density at radius 2 is 1.96 bits per heavy atom. The van der Waals surface area contributed by atoms with Crippen molar-refractivity contribution in [3.05, 3.63) is 59.5 Å². The van der Waals surface area contributed by atoms with Crippen molar-refractivity contribution >= 4 is 11.8 Å². The van der Waals surface area contributed by atoms with Crippen LogP contribution < -0.4 is 5.32 Å². The summed E-state index contributed by atoms with van der Waals surface area (Å²) in [5, 5.41) is 2.88. The van der Waals surface area contributed by atoms with Crippen molar-refractivity contribution in [3.8, 4) is 0 Å². The fourth-order valence-corrected chi connectivity index (χ4v) is 2.68. The van der Waals surface area contributed by atoms with Crippen molar-refractivity contribution in [1.29, 1.82) is 0 Å². The summed E-state index contributed by atoms with van der Waals surface area (Å²) in [7, 11) is 1.60. The van der Waals surface area contributed by atoms with Crippen molar-refractivity contribution in [2.24, 2.45) is 0 Å². The highest BCUT2D eigenvalue weighted by atomic mass is 16.5. The summed E-state index contributed by atoms with van der Waals surface area (Å²) in [6.45, 7) is 4.71. The number of amides is 2. The fraction of sp³-hybridized carbons (Fsp3) is 0.400. The number of hydrogen-bond acceptors (Lipinski definition) is 4. The van der Waals surface area contributed by atoms with Crippen LogP contribution in [0.25, 0.3) is 0 Å². The number of ether oxygens (including phenoxy) is 1. The zero-order valence-corrected chi connectivity index (χ0v) is 15.5. The van der Waals surface area contributed by atoms with Gasteiger partial charge < -0.3 is 19.4 Å². The number of furan rings is 1. The molecule has 1 N–H and O–H groups in total. The number of benzene rings is 1. The largest absolute Gasteiger partial charge is 0.467 e. The predicted molar refractivity (Wildman–Crippen MR) is 98.4 cm³/mol. The van der Waals surface area contributed by atoms with Crippen molar-refractivity contribution in [2.75, 3.05) is 20.3 Å². The molecule has 0 aliphatic heterocycles. The van der Waals surface area contributed by atoms with E-state index in [4.69, 9.17) is 9.15 Å². The van der Waals surface area contributed by atoms with E-state index in [2.05, 4.69) is 5.32 Å². The molecule has 0 spiro atoms. The van der Waals surface area contributed by atoms with Gasteiger partial charge in [0.1, 0.15) is 5.76 Å². The van der Waals surface area contributed by atoms with Gasteiger partial charge in [-0.1, -0.05) is 29.8 Å². The van der Waals surface area contributed by atoms with E-state index < -0.39 is 0 Å². The summed E-state index contributed by atoms with van der Waals surface area (Å²) >= 11 is 0. The molecule has 1 heterocycles. The van der Waals surface area contributed by atoms with Gasteiger partial charge in [-0.15, -0.1) is 0 Å². The van der Waals surface area contributed by atoms with Gasteiger partial charge in [-0.25, -0.2) is 0 Å². The van der Waals surface area contributed by atoms with Crippen LogP contribution >= 0.6 is 0 Å². The molecule has 2 aromatic rings. The molecule has 1 aromatic heterocycles.